The standard InChI is InChI=1S/C10H18N2O2/c13-8-10(3-4-10)11-7-9(14)12-5-1-2-6-12/h11,13H,1-8H2. The maximum Gasteiger partial charge on any atom is 0.236 e. The molecule has 2 N–H and O–H groups in total. The zero-order chi connectivity index (χ0) is 10.0. The molecular formula is C10H18N2O2. The summed E-state index contributed by atoms with van der Waals surface area (Å²) in [6.45, 7) is 2.36. The van der Waals surface area contributed by atoms with E-state index < -0.39 is 0 Å². The summed E-state index contributed by atoms with van der Waals surface area (Å²) in [6.07, 6.45) is 4.27. The summed E-state index contributed by atoms with van der Waals surface area (Å²) < 4.78 is 0. The molecular weight excluding hydrogens is 180 g/mol. The topological polar surface area (TPSA) is 52.6 Å². The Labute approximate surface area is 84.3 Å². The summed E-state index contributed by atoms with van der Waals surface area (Å²) in [6, 6.07) is 0. The van der Waals surface area contributed by atoms with E-state index in [4.69, 9.17) is 5.11 Å². The van der Waals surface area contributed by atoms with Crippen LogP contribution in [0.2, 0.25) is 0 Å². The smallest absolute Gasteiger partial charge is 0.236 e. The number of carbonyl (C=O) groups is 1. The number of hydrogen-bond acceptors (Lipinski definition) is 3. The lowest BCUT2D eigenvalue weighted by molar-refractivity contribution is -0.129. The highest BCUT2D eigenvalue weighted by molar-refractivity contribution is 5.78. The van der Waals surface area contributed by atoms with Gasteiger partial charge in [0.05, 0.1) is 13.2 Å². The molecule has 0 atom stereocenters. The molecule has 2 fully saturated rings. The Bertz CT molecular complexity index is 220. The molecule has 14 heavy (non-hydrogen) atoms. The normalized spacial score (nSPS) is 23.9. The first-order valence-corrected chi connectivity index (χ1v) is 5.39. The predicted molar refractivity (Wildman–Crippen MR) is 52.9 cm³/mol. The fourth-order valence-corrected chi connectivity index (χ4v) is 1.88. The van der Waals surface area contributed by atoms with E-state index >= 15 is 0 Å². The second kappa shape index (κ2) is 3.87. The van der Waals surface area contributed by atoms with Crippen molar-refractivity contribution in [2.45, 2.75) is 31.2 Å². The van der Waals surface area contributed by atoms with Gasteiger partial charge in [-0.05, 0) is 25.7 Å². The Balaban J connectivity index is 1.72. The number of amides is 1. The maximum atomic E-state index is 11.6. The van der Waals surface area contributed by atoms with E-state index in [1.165, 1.54) is 0 Å². The Hall–Kier alpha value is -0.610. The summed E-state index contributed by atoms with van der Waals surface area (Å²) in [5.41, 5.74) is -0.116. The number of likely N-dealkylation sites (tertiary alicyclic amines) is 1. The fraction of sp³-hybridized carbons (Fsp3) is 0.900. The molecule has 1 heterocycles. The van der Waals surface area contributed by atoms with Gasteiger partial charge in [-0.1, -0.05) is 0 Å². The van der Waals surface area contributed by atoms with Gasteiger partial charge >= 0.3 is 0 Å². The Morgan fingerprint density at radius 1 is 1.36 bits per heavy atom. The SMILES string of the molecule is O=C(CNC1(CO)CC1)N1CCCC1. The van der Waals surface area contributed by atoms with Gasteiger partial charge in [-0.3, -0.25) is 4.79 Å². The highest BCUT2D eigenvalue weighted by Crippen LogP contribution is 2.34. The number of hydrogen-bond donors (Lipinski definition) is 2. The van der Waals surface area contributed by atoms with Crippen LogP contribution in [0, 0.1) is 0 Å². The van der Waals surface area contributed by atoms with E-state index in [9.17, 15) is 4.79 Å². The Morgan fingerprint density at radius 3 is 2.50 bits per heavy atom. The first-order valence-electron chi connectivity index (χ1n) is 5.39. The van der Waals surface area contributed by atoms with Gasteiger partial charge in [0.1, 0.15) is 0 Å². The van der Waals surface area contributed by atoms with Gasteiger partial charge < -0.3 is 15.3 Å². The predicted octanol–water partition coefficient (Wildman–Crippen LogP) is -0.277. The van der Waals surface area contributed by atoms with Crippen LogP contribution in [0.3, 0.4) is 0 Å². The summed E-state index contributed by atoms with van der Waals surface area (Å²) in [5.74, 6) is 0.183. The lowest BCUT2D eigenvalue weighted by Crippen LogP contribution is -2.43. The van der Waals surface area contributed by atoms with Crippen LogP contribution in [0.1, 0.15) is 25.7 Å². The van der Waals surface area contributed by atoms with Crippen molar-refractivity contribution in [2.75, 3.05) is 26.2 Å². The van der Waals surface area contributed by atoms with Crippen LogP contribution < -0.4 is 5.32 Å². The molecule has 0 radical (unpaired) electrons. The highest BCUT2D eigenvalue weighted by atomic mass is 16.3. The van der Waals surface area contributed by atoms with Crippen LogP contribution in [0.15, 0.2) is 0 Å². The van der Waals surface area contributed by atoms with Gasteiger partial charge in [0.2, 0.25) is 5.91 Å². The minimum absolute atomic E-state index is 0.116. The molecule has 80 valence electrons. The molecule has 0 aromatic rings. The van der Waals surface area contributed by atoms with Crippen LogP contribution in [0.25, 0.3) is 0 Å². The van der Waals surface area contributed by atoms with Crippen molar-refractivity contribution < 1.29 is 9.90 Å². The van der Waals surface area contributed by atoms with Crippen LogP contribution >= 0.6 is 0 Å². The molecule has 0 bridgehead atoms. The summed E-state index contributed by atoms with van der Waals surface area (Å²) >= 11 is 0. The second-order valence-electron chi connectivity index (χ2n) is 4.38. The number of carbonyl (C=O) groups excluding carboxylic acids is 1. The summed E-state index contributed by atoms with van der Waals surface area (Å²) in [5, 5.41) is 12.2. The van der Waals surface area contributed by atoms with Crippen LogP contribution in [-0.2, 0) is 4.79 Å². The van der Waals surface area contributed by atoms with E-state index in [-0.39, 0.29) is 18.1 Å². The molecule has 0 spiro atoms. The van der Waals surface area contributed by atoms with Gasteiger partial charge in [-0.15, -0.1) is 0 Å². The largest absolute Gasteiger partial charge is 0.394 e. The zero-order valence-electron chi connectivity index (χ0n) is 8.46. The van der Waals surface area contributed by atoms with Crippen LogP contribution in [-0.4, -0.2) is 47.7 Å². The van der Waals surface area contributed by atoms with E-state index in [1.807, 2.05) is 4.90 Å². The summed E-state index contributed by atoms with van der Waals surface area (Å²) in [4.78, 5) is 13.5. The minimum Gasteiger partial charge on any atom is -0.394 e. The quantitative estimate of drug-likeness (QED) is 0.653. The third kappa shape index (κ3) is 2.07. The van der Waals surface area contributed by atoms with E-state index in [0.717, 1.165) is 38.8 Å². The monoisotopic (exact) mass is 198 g/mol. The average Bonchev–Trinajstić information content (AvgIpc) is 2.78. The third-order valence-electron chi connectivity index (χ3n) is 3.23. The average molecular weight is 198 g/mol. The Kier molecular flexibility index (Phi) is 2.74. The van der Waals surface area contributed by atoms with Crippen molar-refractivity contribution in [3.63, 3.8) is 0 Å². The molecule has 1 saturated carbocycles. The molecule has 2 aliphatic rings. The molecule has 1 aliphatic heterocycles. The molecule has 4 heteroatoms. The number of rotatable bonds is 4. The van der Waals surface area contributed by atoms with Gasteiger partial charge in [0.15, 0.2) is 0 Å². The van der Waals surface area contributed by atoms with Crippen LogP contribution in [0.4, 0.5) is 0 Å². The van der Waals surface area contributed by atoms with Crippen molar-refractivity contribution >= 4 is 5.91 Å². The fourth-order valence-electron chi connectivity index (χ4n) is 1.88. The van der Waals surface area contributed by atoms with Gasteiger partial charge in [-0.25, -0.2) is 0 Å². The van der Waals surface area contributed by atoms with E-state index in [2.05, 4.69) is 5.32 Å². The molecule has 1 saturated heterocycles. The number of aliphatic hydroxyl groups is 1. The maximum absolute atomic E-state index is 11.6. The first-order chi connectivity index (χ1) is 6.76. The van der Waals surface area contributed by atoms with Crippen LogP contribution in [0.5, 0.6) is 0 Å². The number of nitrogens with zero attached hydrogens (tertiary/aromatic N) is 1. The second-order valence-corrected chi connectivity index (χ2v) is 4.38. The van der Waals surface area contributed by atoms with Crippen molar-refractivity contribution in [2.24, 2.45) is 0 Å². The molecule has 0 aromatic heterocycles. The molecule has 1 amide bonds. The molecule has 2 rings (SSSR count). The number of nitrogens with one attached hydrogen (secondary N) is 1. The Morgan fingerprint density at radius 2 is 2.00 bits per heavy atom. The van der Waals surface area contributed by atoms with Crippen molar-refractivity contribution in [3.8, 4) is 0 Å². The van der Waals surface area contributed by atoms with Crippen molar-refractivity contribution in [3.05, 3.63) is 0 Å². The minimum atomic E-state index is -0.116. The summed E-state index contributed by atoms with van der Waals surface area (Å²) in [7, 11) is 0. The van der Waals surface area contributed by atoms with Crippen molar-refractivity contribution in [1.82, 2.24) is 10.2 Å². The first kappa shape index (κ1) is 9.93. The number of aliphatic hydroxyl groups excluding tert-OH is 1. The third-order valence-corrected chi connectivity index (χ3v) is 3.23. The van der Waals surface area contributed by atoms with E-state index in [0.29, 0.717) is 6.54 Å². The van der Waals surface area contributed by atoms with Crippen molar-refractivity contribution in [1.29, 1.82) is 0 Å². The van der Waals surface area contributed by atoms with Gasteiger partial charge in [0, 0.05) is 18.6 Å². The van der Waals surface area contributed by atoms with Gasteiger partial charge in [-0.2, -0.15) is 0 Å². The molecule has 1 aliphatic carbocycles. The lowest BCUT2D eigenvalue weighted by atomic mass is 10.3. The van der Waals surface area contributed by atoms with E-state index in [1.54, 1.807) is 0 Å². The molecule has 0 unspecified atom stereocenters. The lowest BCUT2D eigenvalue weighted by Gasteiger charge is -2.18. The molecule has 4 nitrogen and oxygen atoms in total. The van der Waals surface area contributed by atoms with Gasteiger partial charge in [0.25, 0.3) is 0 Å². The zero-order valence-corrected chi connectivity index (χ0v) is 8.46. The molecule has 0 aromatic carbocycles. The highest BCUT2D eigenvalue weighted by Gasteiger charge is 2.42.